The van der Waals surface area contributed by atoms with Gasteiger partial charge in [-0.25, -0.2) is 0 Å². The Morgan fingerprint density at radius 3 is 2.65 bits per heavy atom. The first kappa shape index (κ1) is 17.1. The largest absolute Gasteiger partial charge is 0.406 e. The van der Waals surface area contributed by atoms with Crippen molar-refractivity contribution < 1.29 is 22.8 Å². The lowest BCUT2D eigenvalue weighted by molar-refractivity contribution is -0.157. The second kappa shape index (κ2) is 7.30. The molecule has 1 aromatic carbocycles. The SMILES string of the molecule is O=C(NC/C=C/c1ccccc1)[C@H]1CC(=O)N(CC(F)(F)F)C1. The number of carbonyl (C=O) groups excluding carboxylic acids is 2. The van der Waals surface area contributed by atoms with Crippen molar-refractivity contribution in [3.8, 4) is 0 Å². The van der Waals surface area contributed by atoms with E-state index in [1.807, 2.05) is 36.4 Å². The average molecular weight is 326 g/mol. The Bertz CT molecular complexity index is 585. The van der Waals surface area contributed by atoms with Gasteiger partial charge in [-0.3, -0.25) is 9.59 Å². The number of alkyl halides is 3. The van der Waals surface area contributed by atoms with Crippen LogP contribution >= 0.6 is 0 Å². The molecule has 23 heavy (non-hydrogen) atoms. The summed E-state index contributed by atoms with van der Waals surface area (Å²) in [6.45, 7) is -1.23. The van der Waals surface area contributed by atoms with Gasteiger partial charge in [-0.2, -0.15) is 13.2 Å². The van der Waals surface area contributed by atoms with Gasteiger partial charge in [-0.15, -0.1) is 0 Å². The smallest absolute Gasteiger partial charge is 0.352 e. The van der Waals surface area contributed by atoms with E-state index < -0.39 is 30.5 Å². The van der Waals surface area contributed by atoms with Gasteiger partial charge < -0.3 is 10.2 Å². The molecule has 1 atom stereocenters. The third-order valence-corrected chi connectivity index (χ3v) is 3.46. The predicted octanol–water partition coefficient (Wildman–Crippen LogP) is 2.23. The molecule has 1 N–H and O–H groups in total. The number of nitrogens with one attached hydrogen (secondary N) is 1. The number of likely N-dealkylation sites (tertiary alicyclic amines) is 1. The van der Waals surface area contributed by atoms with Crippen molar-refractivity contribution in [1.82, 2.24) is 10.2 Å². The summed E-state index contributed by atoms with van der Waals surface area (Å²) in [4.78, 5) is 24.1. The molecule has 1 aliphatic heterocycles. The number of amides is 2. The second-order valence-corrected chi connectivity index (χ2v) is 5.35. The Balaban J connectivity index is 1.78. The van der Waals surface area contributed by atoms with Crippen LogP contribution in [0.3, 0.4) is 0 Å². The third-order valence-electron chi connectivity index (χ3n) is 3.46. The molecule has 1 heterocycles. The lowest BCUT2D eigenvalue weighted by Crippen LogP contribution is -2.37. The molecule has 1 aromatic rings. The summed E-state index contributed by atoms with van der Waals surface area (Å²) in [5.74, 6) is -1.77. The normalized spacial score (nSPS) is 18.7. The Morgan fingerprint density at radius 1 is 1.30 bits per heavy atom. The van der Waals surface area contributed by atoms with E-state index in [1.165, 1.54) is 0 Å². The molecule has 4 nitrogen and oxygen atoms in total. The molecule has 0 spiro atoms. The van der Waals surface area contributed by atoms with E-state index >= 15 is 0 Å². The summed E-state index contributed by atoms with van der Waals surface area (Å²) in [7, 11) is 0. The van der Waals surface area contributed by atoms with Crippen LogP contribution in [0.2, 0.25) is 0 Å². The Morgan fingerprint density at radius 2 is 2.00 bits per heavy atom. The van der Waals surface area contributed by atoms with E-state index in [2.05, 4.69) is 5.32 Å². The van der Waals surface area contributed by atoms with Gasteiger partial charge in [0.05, 0.1) is 5.92 Å². The van der Waals surface area contributed by atoms with E-state index in [-0.39, 0.29) is 19.5 Å². The molecule has 1 fully saturated rings. The first-order valence-corrected chi connectivity index (χ1v) is 7.19. The molecule has 0 radical (unpaired) electrons. The van der Waals surface area contributed by atoms with E-state index in [0.717, 1.165) is 5.56 Å². The van der Waals surface area contributed by atoms with E-state index in [4.69, 9.17) is 0 Å². The van der Waals surface area contributed by atoms with Crippen LogP contribution in [0.1, 0.15) is 12.0 Å². The molecule has 124 valence electrons. The van der Waals surface area contributed by atoms with Crippen molar-refractivity contribution in [1.29, 1.82) is 0 Å². The molecule has 7 heteroatoms. The van der Waals surface area contributed by atoms with Gasteiger partial charge in [0.25, 0.3) is 0 Å². The average Bonchev–Trinajstić information content (AvgIpc) is 2.84. The minimum atomic E-state index is -4.44. The minimum absolute atomic E-state index is 0.176. The number of hydrogen-bond acceptors (Lipinski definition) is 2. The molecular weight excluding hydrogens is 309 g/mol. The summed E-state index contributed by atoms with van der Waals surface area (Å²) >= 11 is 0. The number of benzene rings is 1. The maximum atomic E-state index is 12.3. The van der Waals surface area contributed by atoms with Crippen molar-refractivity contribution in [2.45, 2.75) is 12.6 Å². The monoisotopic (exact) mass is 326 g/mol. The zero-order valence-corrected chi connectivity index (χ0v) is 12.3. The number of hydrogen-bond donors (Lipinski definition) is 1. The van der Waals surface area contributed by atoms with Gasteiger partial charge in [0, 0.05) is 19.5 Å². The first-order valence-electron chi connectivity index (χ1n) is 7.19. The Hall–Kier alpha value is -2.31. The number of nitrogens with zero attached hydrogens (tertiary/aromatic N) is 1. The van der Waals surface area contributed by atoms with Crippen LogP contribution in [0, 0.1) is 5.92 Å². The zero-order chi connectivity index (χ0) is 16.9. The van der Waals surface area contributed by atoms with Crippen LogP contribution in [0.4, 0.5) is 13.2 Å². The molecule has 0 aliphatic carbocycles. The summed E-state index contributed by atoms with van der Waals surface area (Å²) in [6.07, 6.45) is -1.04. The van der Waals surface area contributed by atoms with Gasteiger partial charge in [0.2, 0.25) is 11.8 Å². The quantitative estimate of drug-likeness (QED) is 0.902. The maximum absolute atomic E-state index is 12.3. The van der Waals surface area contributed by atoms with Gasteiger partial charge in [-0.1, -0.05) is 42.5 Å². The van der Waals surface area contributed by atoms with E-state index in [9.17, 15) is 22.8 Å². The fraction of sp³-hybridized carbons (Fsp3) is 0.375. The van der Waals surface area contributed by atoms with Crippen LogP contribution in [0.15, 0.2) is 36.4 Å². The summed E-state index contributed by atoms with van der Waals surface area (Å²) in [5, 5.41) is 2.61. The van der Waals surface area contributed by atoms with Gasteiger partial charge in [-0.05, 0) is 5.56 Å². The van der Waals surface area contributed by atoms with Crippen LogP contribution in [0.25, 0.3) is 6.08 Å². The molecule has 0 unspecified atom stereocenters. The number of rotatable bonds is 5. The van der Waals surface area contributed by atoms with Crippen LogP contribution < -0.4 is 5.32 Å². The zero-order valence-electron chi connectivity index (χ0n) is 12.3. The van der Waals surface area contributed by atoms with Crippen molar-refractivity contribution in [3.05, 3.63) is 42.0 Å². The van der Waals surface area contributed by atoms with Crippen molar-refractivity contribution in [2.24, 2.45) is 5.92 Å². The second-order valence-electron chi connectivity index (χ2n) is 5.35. The molecule has 2 amide bonds. The molecule has 0 bridgehead atoms. The summed E-state index contributed by atoms with van der Waals surface area (Å²) < 4.78 is 36.9. The fourth-order valence-corrected chi connectivity index (χ4v) is 2.38. The predicted molar refractivity (Wildman–Crippen MR) is 79.2 cm³/mol. The van der Waals surface area contributed by atoms with E-state index in [1.54, 1.807) is 6.08 Å². The summed E-state index contributed by atoms with van der Waals surface area (Å²) in [5.41, 5.74) is 0.981. The van der Waals surface area contributed by atoms with E-state index in [0.29, 0.717) is 4.90 Å². The van der Waals surface area contributed by atoms with Crippen LogP contribution in [-0.4, -0.2) is 42.5 Å². The maximum Gasteiger partial charge on any atom is 0.406 e. The summed E-state index contributed by atoms with van der Waals surface area (Å²) in [6, 6.07) is 9.48. The fourth-order valence-electron chi connectivity index (χ4n) is 2.38. The minimum Gasteiger partial charge on any atom is -0.352 e. The van der Waals surface area contributed by atoms with Gasteiger partial charge in [0.15, 0.2) is 0 Å². The topological polar surface area (TPSA) is 49.4 Å². The number of halogens is 3. The van der Waals surface area contributed by atoms with Gasteiger partial charge >= 0.3 is 6.18 Å². The highest BCUT2D eigenvalue weighted by Crippen LogP contribution is 2.23. The third kappa shape index (κ3) is 5.43. The molecular formula is C16H17F3N2O2. The highest BCUT2D eigenvalue weighted by molar-refractivity contribution is 5.89. The molecule has 0 saturated carbocycles. The molecule has 0 aromatic heterocycles. The Labute approximate surface area is 132 Å². The van der Waals surface area contributed by atoms with Crippen LogP contribution in [-0.2, 0) is 9.59 Å². The molecule has 1 saturated heterocycles. The first-order chi connectivity index (χ1) is 10.8. The van der Waals surface area contributed by atoms with Crippen molar-refractivity contribution >= 4 is 17.9 Å². The van der Waals surface area contributed by atoms with Crippen molar-refractivity contribution in [3.63, 3.8) is 0 Å². The lowest BCUT2D eigenvalue weighted by atomic mass is 10.1. The highest BCUT2D eigenvalue weighted by atomic mass is 19.4. The lowest BCUT2D eigenvalue weighted by Gasteiger charge is -2.18. The molecule has 2 rings (SSSR count). The standard InChI is InChI=1S/C16H17F3N2O2/c17-16(18,19)11-21-10-13(9-14(21)22)15(23)20-8-4-7-12-5-2-1-3-6-12/h1-7,13H,8-11H2,(H,20,23)/b7-4+/t13-/m0/s1. The number of carbonyl (C=O) groups is 2. The Kier molecular flexibility index (Phi) is 5.41. The van der Waals surface area contributed by atoms with Crippen molar-refractivity contribution in [2.75, 3.05) is 19.6 Å². The van der Waals surface area contributed by atoms with Crippen LogP contribution in [0.5, 0.6) is 0 Å². The van der Waals surface area contributed by atoms with Gasteiger partial charge in [0.1, 0.15) is 6.54 Å². The highest BCUT2D eigenvalue weighted by Gasteiger charge is 2.40. The molecule has 1 aliphatic rings.